The summed E-state index contributed by atoms with van der Waals surface area (Å²) in [5, 5.41) is 5.39. The Morgan fingerprint density at radius 3 is 2.47 bits per heavy atom. The summed E-state index contributed by atoms with van der Waals surface area (Å²) in [5.74, 6) is -0.128. The molecular formula is C17H20FN. The summed E-state index contributed by atoms with van der Waals surface area (Å²) >= 11 is 0. The predicted octanol–water partition coefficient (Wildman–Crippen LogP) is 4.40. The SMILES string of the molecule is Fc1ccc(CNC2CCCCC2)c2ccccc12. The third-order valence-electron chi connectivity index (χ3n) is 4.15. The molecule has 1 aliphatic carbocycles. The van der Waals surface area contributed by atoms with E-state index in [1.807, 2.05) is 30.3 Å². The van der Waals surface area contributed by atoms with Crippen LogP contribution in [-0.2, 0) is 6.54 Å². The van der Waals surface area contributed by atoms with Crippen molar-refractivity contribution in [3.8, 4) is 0 Å². The van der Waals surface area contributed by atoms with Gasteiger partial charge >= 0.3 is 0 Å². The fourth-order valence-electron chi connectivity index (χ4n) is 3.04. The fraction of sp³-hybridized carbons (Fsp3) is 0.412. The molecule has 2 aromatic carbocycles. The molecule has 2 heteroatoms. The molecule has 0 amide bonds. The van der Waals surface area contributed by atoms with E-state index in [2.05, 4.69) is 5.32 Å². The van der Waals surface area contributed by atoms with Crippen LogP contribution in [0, 0.1) is 5.82 Å². The third-order valence-corrected chi connectivity index (χ3v) is 4.15. The van der Waals surface area contributed by atoms with E-state index in [-0.39, 0.29) is 5.82 Å². The molecular weight excluding hydrogens is 237 g/mol. The van der Waals surface area contributed by atoms with Gasteiger partial charge in [-0.2, -0.15) is 0 Å². The summed E-state index contributed by atoms with van der Waals surface area (Å²) in [4.78, 5) is 0. The Bertz CT molecular complexity index is 558. The number of rotatable bonds is 3. The van der Waals surface area contributed by atoms with Crippen molar-refractivity contribution in [3.63, 3.8) is 0 Å². The maximum absolute atomic E-state index is 13.7. The van der Waals surface area contributed by atoms with Crippen LogP contribution in [0.4, 0.5) is 4.39 Å². The van der Waals surface area contributed by atoms with Crippen LogP contribution < -0.4 is 5.32 Å². The van der Waals surface area contributed by atoms with Gasteiger partial charge in [-0.1, -0.05) is 49.6 Å². The molecule has 0 spiro atoms. The lowest BCUT2D eigenvalue weighted by atomic mass is 9.95. The molecule has 0 atom stereocenters. The van der Waals surface area contributed by atoms with Crippen LogP contribution >= 0.6 is 0 Å². The smallest absolute Gasteiger partial charge is 0.131 e. The maximum atomic E-state index is 13.7. The Morgan fingerprint density at radius 2 is 1.68 bits per heavy atom. The van der Waals surface area contributed by atoms with Crippen molar-refractivity contribution in [1.29, 1.82) is 0 Å². The first-order valence-electron chi connectivity index (χ1n) is 7.24. The summed E-state index contributed by atoms with van der Waals surface area (Å²) in [6.45, 7) is 0.839. The molecule has 0 aromatic heterocycles. The van der Waals surface area contributed by atoms with Crippen LogP contribution in [0.3, 0.4) is 0 Å². The second kappa shape index (κ2) is 5.70. The predicted molar refractivity (Wildman–Crippen MR) is 77.6 cm³/mol. The second-order valence-corrected chi connectivity index (χ2v) is 5.47. The molecule has 0 radical (unpaired) electrons. The van der Waals surface area contributed by atoms with E-state index in [4.69, 9.17) is 0 Å². The van der Waals surface area contributed by atoms with Gasteiger partial charge in [0.2, 0.25) is 0 Å². The van der Waals surface area contributed by atoms with E-state index >= 15 is 0 Å². The Morgan fingerprint density at radius 1 is 0.947 bits per heavy atom. The molecule has 0 unspecified atom stereocenters. The topological polar surface area (TPSA) is 12.0 Å². The second-order valence-electron chi connectivity index (χ2n) is 5.47. The number of nitrogens with one attached hydrogen (secondary N) is 1. The van der Waals surface area contributed by atoms with Gasteiger partial charge in [0.1, 0.15) is 5.82 Å². The standard InChI is InChI=1S/C17H20FN/c18-17-11-10-13(15-8-4-5-9-16(15)17)12-19-14-6-2-1-3-7-14/h4-5,8-11,14,19H,1-3,6-7,12H2. The van der Waals surface area contributed by atoms with Crippen molar-refractivity contribution in [3.05, 3.63) is 47.8 Å². The quantitative estimate of drug-likeness (QED) is 0.859. The molecule has 1 saturated carbocycles. The van der Waals surface area contributed by atoms with E-state index in [1.165, 1.54) is 37.7 Å². The van der Waals surface area contributed by atoms with Crippen molar-refractivity contribution in [2.45, 2.75) is 44.7 Å². The lowest BCUT2D eigenvalue weighted by Crippen LogP contribution is -2.30. The van der Waals surface area contributed by atoms with Gasteiger partial charge in [0.15, 0.2) is 0 Å². The third kappa shape index (κ3) is 2.79. The number of fused-ring (bicyclic) bond motifs is 1. The Balaban J connectivity index is 1.79. The number of benzene rings is 2. The minimum absolute atomic E-state index is 0.128. The summed E-state index contributed by atoms with van der Waals surface area (Å²) in [7, 11) is 0. The van der Waals surface area contributed by atoms with Crippen LogP contribution in [0.15, 0.2) is 36.4 Å². The lowest BCUT2D eigenvalue weighted by Gasteiger charge is -2.23. The Labute approximate surface area is 113 Å². The molecule has 1 N–H and O–H groups in total. The van der Waals surface area contributed by atoms with E-state index in [0.29, 0.717) is 6.04 Å². The minimum atomic E-state index is -0.128. The van der Waals surface area contributed by atoms with Crippen LogP contribution in [0.25, 0.3) is 10.8 Å². The molecule has 0 saturated heterocycles. The highest BCUT2D eigenvalue weighted by molar-refractivity contribution is 5.86. The molecule has 0 heterocycles. The van der Waals surface area contributed by atoms with Crippen LogP contribution in [-0.4, -0.2) is 6.04 Å². The van der Waals surface area contributed by atoms with Crippen molar-refractivity contribution >= 4 is 10.8 Å². The minimum Gasteiger partial charge on any atom is -0.310 e. The molecule has 100 valence electrons. The lowest BCUT2D eigenvalue weighted by molar-refractivity contribution is 0.373. The first-order valence-corrected chi connectivity index (χ1v) is 7.24. The zero-order valence-corrected chi connectivity index (χ0v) is 11.2. The maximum Gasteiger partial charge on any atom is 0.131 e. The van der Waals surface area contributed by atoms with Gasteiger partial charge in [0, 0.05) is 18.0 Å². The van der Waals surface area contributed by atoms with Gasteiger partial charge < -0.3 is 5.32 Å². The van der Waals surface area contributed by atoms with Crippen molar-refractivity contribution in [2.75, 3.05) is 0 Å². The first-order chi connectivity index (χ1) is 9.34. The highest BCUT2D eigenvalue weighted by Gasteiger charge is 2.13. The molecule has 1 fully saturated rings. The van der Waals surface area contributed by atoms with Gasteiger partial charge in [0.25, 0.3) is 0 Å². The molecule has 19 heavy (non-hydrogen) atoms. The van der Waals surface area contributed by atoms with Gasteiger partial charge in [-0.25, -0.2) is 4.39 Å². The summed E-state index contributed by atoms with van der Waals surface area (Å²) in [5.41, 5.74) is 1.20. The van der Waals surface area contributed by atoms with Gasteiger partial charge in [-0.15, -0.1) is 0 Å². The van der Waals surface area contributed by atoms with E-state index in [1.54, 1.807) is 6.07 Å². The molecule has 2 aromatic rings. The summed E-state index contributed by atoms with van der Waals surface area (Å²) in [6.07, 6.45) is 6.60. The summed E-state index contributed by atoms with van der Waals surface area (Å²) in [6, 6.07) is 11.9. The van der Waals surface area contributed by atoms with E-state index in [0.717, 1.165) is 17.3 Å². The fourth-order valence-corrected chi connectivity index (χ4v) is 3.04. The first kappa shape index (κ1) is 12.6. The molecule has 3 rings (SSSR count). The highest BCUT2D eigenvalue weighted by Crippen LogP contribution is 2.23. The molecule has 0 aliphatic heterocycles. The molecule has 1 nitrogen and oxygen atoms in total. The zero-order chi connectivity index (χ0) is 13.1. The largest absolute Gasteiger partial charge is 0.310 e. The van der Waals surface area contributed by atoms with Crippen molar-refractivity contribution in [1.82, 2.24) is 5.32 Å². The monoisotopic (exact) mass is 257 g/mol. The number of hydrogen-bond acceptors (Lipinski definition) is 1. The van der Waals surface area contributed by atoms with E-state index < -0.39 is 0 Å². The Hall–Kier alpha value is -1.41. The molecule has 1 aliphatic rings. The van der Waals surface area contributed by atoms with Crippen molar-refractivity contribution in [2.24, 2.45) is 0 Å². The molecule has 0 bridgehead atoms. The highest BCUT2D eigenvalue weighted by atomic mass is 19.1. The van der Waals surface area contributed by atoms with Gasteiger partial charge in [0.05, 0.1) is 0 Å². The summed E-state index contributed by atoms with van der Waals surface area (Å²) < 4.78 is 13.7. The van der Waals surface area contributed by atoms with Crippen LogP contribution in [0.2, 0.25) is 0 Å². The van der Waals surface area contributed by atoms with Gasteiger partial charge in [-0.3, -0.25) is 0 Å². The van der Waals surface area contributed by atoms with Crippen LogP contribution in [0.1, 0.15) is 37.7 Å². The van der Waals surface area contributed by atoms with E-state index in [9.17, 15) is 4.39 Å². The average molecular weight is 257 g/mol. The number of hydrogen-bond donors (Lipinski definition) is 1. The van der Waals surface area contributed by atoms with Gasteiger partial charge in [-0.05, 0) is 29.9 Å². The normalized spacial score (nSPS) is 16.9. The number of halogens is 1. The van der Waals surface area contributed by atoms with Crippen molar-refractivity contribution < 1.29 is 4.39 Å². The van der Waals surface area contributed by atoms with Crippen LogP contribution in [0.5, 0.6) is 0 Å². The average Bonchev–Trinajstić information content (AvgIpc) is 2.48. The Kier molecular flexibility index (Phi) is 3.79. The zero-order valence-electron chi connectivity index (χ0n) is 11.2.